The van der Waals surface area contributed by atoms with E-state index in [1.54, 1.807) is 18.6 Å². The Kier molecular flexibility index (Phi) is 5.47. The third kappa shape index (κ3) is 3.13. The second-order valence-electron chi connectivity index (χ2n) is 4.39. The minimum Gasteiger partial charge on any atom is -0.495 e. The minimum atomic E-state index is -0.531. The number of aryl methyl sites for hydroxylation is 1. The monoisotopic (exact) mass is 386 g/mol. The molecule has 0 unspecified atom stereocenters. The van der Waals surface area contributed by atoms with Gasteiger partial charge in [0.25, 0.3) is 0 Å². The first kappa shape index (κ1) is 16.8. The van der Waals surface area contributed by atoms with Gasteiger partial charge in [-0.2, -0.15) is 0 Å². The molecule has 0 aliphatic rings. The van der Waals surface area contributed by atoms with Crippen molar-refractivity contribution in [2.75, 3.05) is 13.7 Å². The van der Waals surface area contributed by atoms with Crippen molar-refractivity contribution >= 4 is 33.5 Å². The van der Waals surface area contributed by atoms with Gasteiger partial charge in [0.05, 0.1) is 19.4 Å². The molecule has 0 spiro atoms. The van der Waals surface area contributed by atoms with E-state index in [0.29, 0.717) is 18.0 Å². The number of ether oxygens (including phenoxy) is 2. The average Bonchev–Trinajstić information content (AvgIpc) is 2.84. The summed E-state index contributed by atoms with van der Waals surface area (Å²) in [6, 6.07) is 5.55. The Morgan fingerprint density at radius 2 is 2.14 bits per heavy atom. The first-order chi connectivity index (χ1) is 10.5. The number of halogens is 2. The standard InChI is InChI=1S/C15H16BrClN2O3/c1-4-12-18-13(15(20)22-5-2)14(17)19(12)10-7-6-9(16)8-11(10)21-3/h6-8H,4-5H2,1-3H3. The van der Waals surface area contributed by atoms with E-state index >= 15 is 0 Å². The highest BCUT2D eigenvalue weighted by Gasteiger charge is 2.23. The van der Waals surface area contributed by atoms with E-state index in [0.717, 1.165) is 10.2 Å². The zero-order valence-corrected chi connectivity index (χ0v) is 14.9. The number of carbonyl (C=O) groups excluding carboxylic acids is 1. The molecule has 118 valence electrons. The Morgan fingerprint density at radius 3 is 2.73 bits per heavy atom. The first-order valence-corrected chi connectivity index (χ1v) is 7.98. The lowest BCUT2D eigenvalue weighted by atomic mass is 10.3. The van der Waals surface area contributed by atoms with Gasteiger partial charge >= 0.3 is 5.97 Å². The maximum Gasteiger partial charge on any atom is 0.360 e. The molecule has 0 saturated carbocycles. The van der Waals surface area contributed by atoms with Gasteiger partial charge in [0.2, 0.25) is 0 Å². The van der Waals surface area contributed by atoms with Crippen LogP contribution in [0.4, 0.5) is 0 Å². The highest BCUT2D eigenvalue weighted by molar-refractivity contribution is 9.10. The molecular formula is C15H16BrClN2O3. The molecule has 1 heterocycles. The molecule has 0 aliphatic carbocycles. The van der Waals surface area contributed by atoms with E-state index in [2.05, 4.69) is 20.9 Å². The molecule has 0 bridgehead atoms. The van der Waals surface area contributed by atoms with Crippen molar-refractivity contribution in [2.24, 2.45) is 0 Å². The first-order valence-electron chi connectivity index (χ1n) is 6.81. The molecule has 0 amide bonds. The third-order valence-electron chi connectivity index (χ3n) is 3.06. The summed E-state index contributed by atoms with van der Waals surface area (Å²) < 4.78 is 13.0. The zero-order valence-electron chi connectivity index (χ0n) is 12.5. The van der Waals surface area contributed by atoms with Gasteiger partial charge in [-0.05, 0) is 25.1 Å². The number of aromatic nitrogens is 2. The van der Waals surface area contributed by atoms with Crippen LogP contribution in [0.25, 0.3) is 5.69 Å². The molecule has 1 aromatic carbocycles. The second kappa shape index (κ2) is 7.15. The number of benzene rings is 1. The van der Waals surface area contributed by atoms with Gasteiger partial charge in [0.15, 0.2) is 5.69 Å². The lowest BCUT2D eigenvalue weighted by Gasteiger charge is -2.13. The van der Waals surface area contributed by atoms with Gasteiger partial charge in [0.1, 0.15) is 16.7 Å². The molecule has 2 aromatic rings. The SMILES string of the molecule is CCOC(=O)c1nc(CC)n(-c2ccc(Br)cc2OC)c1Cl. The largest absolute Gasteiger partial charge is 0.495 e. The van der Waals surface area contributed by atoms with Gasteiger partial charge in [-0.25, -0.2) is 9.78 Å². The number of imidazole rings is 1. The molecule has 2 rings (SSSR count). The van der Waals surface area contributed by atoms with Gasteiger partial charge in [0, 0.05) is 10.9 Å². The molecule has 0 radical (unpaired) electrons. The summed E-state index contributed by atoms with van der Waals surface area (Å²) in [5, 5.41) is 0.218. The summed E-state index contributed by atoms with van der Waals surface area (Å²) >= 11 is 9.78. The third-order valence-corrected chi connectivity index (χ3v) is 3.90. The van der Waals surface area contributed by atoms with E-state index in [-0.39, 0.29) is 17.5 Å². The van der Waals surface area contributed by atoms with Crippen LogP contribution in [0.1, 0.15) is 30.2 Å². The predicted octanol–water partition coefficient (Wildman–Crippen LogP) is 4.04. The highest BCUT2D eigenvalue weighted by atomic mass is 79.9. The van der Waals surface area contributed by atoms with Gasteiger partial charge in [-0.1, -0.05) is 34.5 Å². The van der Waals surface area contributed by atoms with Crippen molar-refractivity contribution < 1.29 is 14.3 Å². The number of esters is 1. The Labute approximate surface area is 142 Å². The summed E-state index contributed by atoms with van der Waals surface area (Å²) in [6.07, 6.45) is 0.609. The average molecular weight is 388 g/mol. The fourth-order valence-corrected chi connectivity index (χ4v) is 2.74. The maximum absolute atomic E-state index is 12.0. The number of methoxy groups -OCH3 is 1. The lowest BCUT2D eigenvalue weighted by molar-refractivity contribution is 0.0520. The van der Waals surface area contributed by atoms with E-state index in [9.17, 15) is 4.79 Å². The predicted molar refractivity (Wildman–Crippen MR) is 88.2 cm³/mol. The summed E-state index contributed by atoms with van der Waals surface area (Å²) in [7, 11) is 1.58. The quantitative estimate of drug-likeness (QED) is 0.727. The molecule has 0 fully saturated rings. The highest BCUT2D eigenvalue weighted by Crippen LogP contribution is 2.32. The topological polar surface area (TPSA) is 53.3 Å². The molecule has 5 nitrogen and oxygen atoms in total. The number of hydrogen-bond donors (Lipinski definition) is 0. The van der Waals surface area contributed by atoms with Crippen molar-refractivity contribution in [2.45, 2.75) is 20.3 Å². The molecular weight excluding hydrogens is 372 g/mol. The maximum atomic E-state index is 12.0. The fourth-order valence-electron chi connectivity index (χ4n) is 2.09. The van der Waals surface area contributed by atoms with Crippen LogP contribution < -0.4 is 4.74 Å². The second-order valence-corrected chi connectivity index (χ2v) is 5.67. The Balaban J connectivity index is 2.62. The molecule has 7 heteroatoms. The van der Waals surface area contributed by atoms with Crippen LogP contribution in [0.2, 0.25) is 5.15 Å². The summed E-state index contributed by atoms with van der Waals surface area (Å²) in [5.74, 6) is 0.754. The van der Waals surface area contributed by atoms with Gasteiger partial charge < -0.3 is 9.47 Å². The summed E-state index contributed by atoms with van der Waals surface area (Å²) in [5.41, 5.74) is 0.834. The van der Waals surface area contributed by atoms with Crippen LogP contribution in [-0.2, 0) is 11.2 Å². The van der Waals surface area contributed by atoms with Crippen LogP contribution >= 0.6 is 27.5 Å². The Hall–Kier alpha value is -1.53. The number of nitrogens with zero attached hydrogens (tertiary/aromatic N) is 2. The van der Waals surface area contributed by atoms with Crippen molar-refractivity contribution in [3.05, 3.63) is 39.3 Å². The van der Waals surface area contributed by atoms with Gasteiger partial charge in [-0.15, -0.1) is 0 Å². The lowest BCUT2D eigenvalue weighted by Crippen LogP contribution is -2.06. The normalized spacial score (nSPS) is 10.6. The van der Waals surface area contributed by atoms with Crippen molar-refractivity contribution in [1.82, 2.24) is 9.55 Å². The number of hydrogen-bond acceptors (Lipinski definition) is 4. The molecule has 0 N–H and O–H groups in total. The smallest absolute Gasteiger partial charge is 0.360 e. The molecule has 0 atom stereocenters. The molecule has 1 aromatic heterocycles. The number of rotatable bonds is 5. The van der Waals surface area contributed by atoms with Gasteiger partial charge in [-0.3, -0.25) is 4.57 Å². The summed E-state index contributed by atoms with van der Waals surface area (Å²) in [6.45, 7) is 3.95. The van der Waals surface area contributed by atoms with Crippen LogP contribution in [0, 0.1) is 0 Å². The van der Waals surface area contributed by atoms with Crippen LogP contribution in [-0.4, -0.2) is 29.2 Å². The molecule has 22 heavy (non-hydrogen) atoms. The fraction of sp³-hybridized carbons (Fsp3) is 0.333. The van der Waals surface area contributed by atoms with E-state index in [1.807, 2.05) is 25.1 Å². The van der Waals surface area contributed by atoms with E-state index in [1.165, 1.54) is 0 Å². The minimum absolute atomic E-state index is 0.116. The van der Waals surface area contributed by atoms with Crippen molar-refractivity contribution in [3.63, 3.8) is 0 Å². The summed E-state index contributed by atoms with van der Waals surface area (Å²) in [4.78, 5) is 16.3. The van der Waals surface area contributed by atoms with Crippen LogP contribution in [0.15, 0.2) is 22.7 Å². The molecule has 0 saturated heterocycles. The number of carbonyl (C=O) groups is 1. The van der Waals surface area contributed by atoms with E-state index < -0.39 is 5.97 Å². The van der Waals surface area contributed by atoms with Crippen molar-refractivity contribution in [3.8, 4) is 11.4 Å². The van der Waals surface area contributed by atoms with Crippen LogP contribution in [0.3, 0.4) is 0 Å². The molecule has 0 aliphatic heterocycles. The van der Waals surface area contributed by atoms with E-state index in [4.69, 9.17) is 21.1 Å². The van der Waals surface area contributed by atoms with Crippen molar-refractivity contribution in [1.29, 1.82) is 0 Å². The Bertz CT molecular complexity index is 700. The zero-order chi connectivity index (χ0) is 16.3. The van der Waals surface area contributed by atoms with Crippen LogP contribution in [0.5, 0.6) is 5.75 Å². The Morgan fingerprint density at radius 1 is 1.41 bits per heavy atom.